The van der Waals surface area contributed by atoms with Gasteiger partial charge in [0.1, 0.15) is 0 Å². The van der Waals surface area contributed by atoms with E-state index < -0.39 is 0 Å². The maximum Gasteiger partial charge on any atom is 0.0906 e. The molecular weight excluding hydrogens is 1190 g/mol. The summed E-state index contributed by atoms with van der Waals surface area (Å²) in [6, 6.07) is 81.3. The van der Waals surface area contributed by atoms with Gasteiger partial charge in [-0.3, -0.25) is 0 Å². The number of fused-ring (bicyclic) bond motifs is 7. The third-order valence-corrected chi connectivity index (χ3v) is 21.1. The van der Waals surface area contributed by atoms with E-state index in [1.165, 1.54) is 85.4 Å². The molecule has 2 aliphatic rings. The van der Waals surface area contributed by atoms with Gasteiger partial charge < -0.3 is 14.7 Å². The van der Waals surface area contributed by atoms with Gasteiger partial charge in [0.2, 0.25) is 0 Å². The van der Waals surface area contributed by atoms with Crippen molar-refractivity contribution in [1.29, 1.82) is 0 Å². The molecule has 0 fully saturated rings. The Bertz CT molecular complexity index is 4410. The van der Waals surface area contributed by atoms with Gasteiger partial charge in [-0.1, -0.05) is 223 Å². The Hall–Kier alpha value is -7.71. The predicted octanol–water partition coefficient (Wildman–Crippen LogP) is 24.7. The zero-order valence-corrected chi connectivity index (χ0v) is 56.3. The van der Waals surface area contributed by atoms with Crippen molar-refractivity contribution in [2.75, 3.05) is 14.7 Å². The Labute approximate surface area is 535 Å². The number of aryl methyl sites for hydroxylation is 1. The molecule has 0 unspecified atom stereocenters. The normalized spacial score (nSPS) is 13.9. The van der Waals surface area contributed by atoms with Gasteiger partial charge in [0, 0.05) is 49.2 Å². The summed E-state index contributed by atoms with van der Waals surface area (Å²) in [5.41, 5.74) is 28.9. The molecule has 10 aromatic carbocycles. The highest BCUT2D eigenvalue weighted by atomic mass is 127. The molecule has 0 atom stereocenters. The second-order valence-electron chi connectivity index (χ2n) is 28.5. The SMILES string of the molecule is Cc1ccc(N(c2ccc(C(C)(C)C)cc2)c2ccc(C(C)(C)C)cc2)cc1N(c1cc(-c2ccccc2)cc(N(c2ccc(C(C)(C)C)cc2)c2c(I)sc3cc4c(cc23)-c2ccccc2C4(C)C)c1C)c1cccc2c1-c1ccccc1C2(C)C. The van der Waals surface area contributed by atoms with Crippen LogP contribution in [0.3, 0.4) is 0 Å². The van der Waals surface area contributed by atoms with Gasteiger partial charge >= 0.3 is 0 Å². The van der Waals surface area contributed by atoms with E-state index in [4.69, 9.17) is 0 Å². The van der Waals surface area contributed by atoms with Crippen molar-refractivity contribution in [1.82, 2.24) is 0 Å². The lowest BCUT2D eigenvalue weighted by atomic mass is 9.82. The third-order valence-electron chi connectivity index (χ3n) is 19.0. The van der Waals surface area contributed by atoms with Crippen molar-refractivity contribution in [3.8, 4) is 33.4 Å². The Balaban J connectivity index is 1.12. The van der Waals surface area contributed by atoms with E-state index in [1.54, 1.807) is 0 Å². The van der Waals surface area contributed by atoms with Crippen LogP contribution in [0.25, 0.3) is 43.5 Å². The van der Waals surface area contributed by atoms with Gasteiger partial charge in [0.05, 0.1) is 31.3 Å². The lowest BCUT2D eigenvalue weighted by Crippen LogP contribution is -2.19. The maximum absolute atomic E-state index is 2.66. The summed E-state index contributed by atoms with van der Waals surface area (Å²) in [6.07, 6.45) is 0. The number of halogens is 1. The summed E-state index contributed by atoms with van der Waals surface area (Å²) in [6.45, 7) is 34.9. The summed E-state index contributed by atoms with van der Waals surface area (Å²) in [7, 11) is 0. The smallest absolute Gasteiger partial charge is 0.0906 e. The van der Waals surface area contributed by atoms with E-state index in [2.05, 4.69) is 353 Å². The zero-order chi connectivity index (χ0) is 61.3. The van der Waals surface area contributed by atoms with Crippen LogP contribution in [0.1, 0.15) is 140 Å². The van der Waals surface area contributed by atoms with Crippen LogP contribution in [-0.2, 0) is 27.1 Å². The molecule has 2 aliphatic carbocycles. The van der Waals surface area contributed by atoms with Gasteiger partial charge in [0.15, 0.2) is 0 Å². The number of benzene rings is 10. The van der Waals surface area contributed by atoms with Crippen molar-refractivity contribution < 1.29 is 0 Å². The summed E-state index contributed by atoms with van der Waals surface area (Å²) >= 11 is 4.56. The van der Waals surface area contributed by atoms with Crippen LogP contribution in [0.4, 0.5) is 51.2 Å². The first kappa shape index (κ1) is 58.3. The monoisotopic (exact) mass is 1270 g/mol. The second kappa shape index (κ2) is 21.3. The number of rotatable bonds is 10. The molecule has 0 saturated carbocycles. The van der Waals surface area contributed by atoms with E-state index >= 15 is 0 Å². The highest BCUT2D eigenvalue weighted by Crippen LogP contribution is 2.59. The molecule has 3 nitrogen and oxygen atoms in total. The average Bonchev–Trinajstić information content (AvgIpc) is 1.65. The van der Waals surface area contributed by atoms with Crippen LogP contribution in [0.15, 0.2) is 212 Å². The molecule has 87 heavy (non-hydrogen) atoms. The molecule has 0 saturated heterocycles. The van der Waals surface area contributed by atoms with Crippen LogP contribution in [0.5, 0.6) is 0 Å². The number of hydrogen-bond acceptors (Lipinski definition) is 4. The molecule has 1 heterocycles. The lowest BCUT2D eigenvalue weighted by Gasteiger charge is -2.35. The molecule has 0 aliphatic heterocycles. The van der Waals surface area contributed by atoms with Gasteiger partial charge in [-0.2, -0.15) is 0 Å². The van der Waals surface area contributed by atoms with E-state index in [0.717, 1.165) is 62.2 Å². The topological polar surface area (TPSA) is 9.72 Å². The van der Waals surface area contributed by atoms with E-state index in [9.17, 15) is 0 Å². The molecule has 0 N–H and O–H groups in total. The number of hydrogen-bond donors (Lipinski definition) is 0. The van der Waals surface area contributed by atoms with Crippen molar-refractivity contribution >= 4 is 95.2 Å². The molecule has 0 amide bonds. The summed E-state index contributed by atoms with van der Waals surface area (Å²) in [5.74, 6) is 0. The second-order valence-corrected chi connectivity index (χ2v) is 31.4. The largest absolute Gasteiger partial charge is 0.310 e. The molecule has 1 aromatic heterocycles. The summed E-state index contributed by atoms with van der Waals surface area (Å²) in [4.78, 5) is 7.69. The molecule has 13 rings (SSSR count). The van der Waals surface area contributed by atoms with Gasteiger partial charge in [-0.25, -0.2) is 0 Å². The first-order valence-corrected chi connectivity index (χ1v) is 32.8. The van der Waals surface area contributed by atoms with Crippen molar-refractivity contribution in [2.45, 2.75) is 131 Å². The van der Waals surface area contributed by atoms with E-state index in [-0.39, 0.29) is 27.1 Å². The highest BCUT2D eigenvalue weighted by molar-refractivity contribution is 14.1. The first-order valence-electron chi connectivity index (χ1n) is 30.9. The zero-order valence-electron chi connectivity index (χ0n) is 53.3. The molecule has 5 heteroatoms. The minimum Gasteiger partial charge on any atom is -0.310 e. The standard InChI is InChI=1S/C82H80IN3S/c1-51-32-39-61(84(58-40-33-55(34-41-58)78(3,4)5)59-42-35-56(36-43-59)79(6,7)8)48-71(51)86(70-31-23-30-68-75(70)63-27-20-22-29-67(63)81(68,12)13)73-47-54(53-24-17-16-18-25-53)46-72(52(73)2)85(60-44-37-57(38-45-60)80(9,10)11)76-65-49-64-62-26-19-21-28-66(62)82(14,15)69(64)50-74(65)87-77(76)83/h16-50H,1-15H3. The summed E-state index contributed by atoms with van der Waals surface area (Å²) in [5, 5.41) is 1.26. The number of anilines is 9. The van der Waals surface area contributed by atoms with Crippen molar-refractivity contribution in [2.24, 2.45) is 0 Å². The Kier molecular flexibility index (Phi) is 14.3. The Morgan fingerprint density at radius 2 is 0.839 bits per heavy atom. The number of thiophene rings is 1. The predicted molar refractivity (Wildman–Crippen MR) is 385 cm³/mol. The molecule has 0 radical (unpaired) electrons. The van der Waals surface area contributed by atoms with Crippen LogP contribution in [0, 0.1) is 16.7 Å². The Morgan fingerprint density at radius 1 is 0.368 bits per heavy atom. The van der Waals surface area contributed by atoms with Gasteiger partial charge in [0.25, 0.3) is 0 Å². The van der Waals surface area contributed by atoms with Crippen LogP contribution < -0.4 is 14.7 Å². The molecule has 11 aromatic rings. The molecule has 436 valence electrons. The minimum atomic E-state index is -0.228. The quantitative estimate of drug-likeness (QED) is 0.126. The van der Waals surface area contributed by atoms with Crippen molar-refractivity contribution in [3.05, 3.63) is 265 Å². The minimum absolute atomic E-state index is 0.00702. The first-order chi connectivity index (χ1) is 41.3. The fourth-order valence-corrected chi connectivity index (χ4v) is 16.0. The third kappa shape index (κ3) is 10.0. The fraction of sp³-hybridized carbons (Fsp3) is 0.244. The van der Waals surface area contributed by atoms with Crippen molar-refractivity contribution in [3.63, 3.8) is 0 Å². The van der Waals surface area contributed by atoms with Gasteiger partial charge in [-0.15, -0.1) is 11.3 Å². The maximum atomic E-state index is 2.66. The van der Waals surface area contributed by atoms with Crippen LogP contribution in [0.2, 0.25) is 0 Å². The van der Waals surface area contributed by atoms with Gasteiger partial charge in [-0.05, 0) is 209 Å². The molecule has 0 spiro atoms. The number of nitrogens with zero attached hydrogens (tertiary/aromatic N) is 3. The summed E-state index contributed by atoms with van der Waals surface area (Å²) < 4.78 is 2.54. The van der Waals surface area contributed by atoms with E-state index in [0.29, 0.717) is 0 Å². The highest BCUT2D eigenvalue weighted by Gasteiger charge is 2.40. The fourth-order valence-electron chi connectivity index (χ4n) is 13.9. The Morgan fingerprint density at radius 3 is 1.40 bits per heavy atom. The average molecular weight is 1270 g/mol. The van der Waals surface area contributed by atoms with E-state index in [1.807, 2.05) is 11.3 Å². The van der Waals surface area contributed by atoms with Crippen LogP contribution in [-0.4, -0.2) is 0 Å². The molecular formula is C82H80IN3S. The molecule has 0 bridgehead atoms. The lowest BCUT2D eigenvalue weighted by molar-refractivity contribution is 0.590. The van der Waals surface area contributed by atoms with Crippen LogP contribution >= 0.6 is 33.9 Å².